The van der Waals surface area contributed by atoms with Gasteiger partial charge >= 0.3 is 0 Å². The third-order valence-corrected chi connectivity index (χ3v) is 7.11. The van der Waals surface area contributed by atoms with E-state index < -0.39 is 23.0 Å². The smallest absolute Gasteiger partial charge is 0.274 e. The number of amides is 1. The molecule has 0 unspecified atom stereocenters. The van der Waals surface area contributed by atoms with Crippen molar-refractivity contribution in [3.05, 3.63) is 108 Å². The molecule has 43 heavy (non-hydrogen) atoms. The topological polar surface area (TPSA) is 104 Å². The standard InChI is InChI=1S/C33H28F2N6O2/c1-33(2,19-36)23-9-10-37-29(12-23)32(42)40-24-13-26(31(35)27(34)14-24)21-11-22-17-39-30(15-28(22)38-16-21)41(3)18-20-5-7-25(43-4)8-6-20/h5-17H,18H2,1-4H3,(H,40,42). The van der Waals surface area contributed by atoms with E-state index in [9.17, 15) is 18.8 Å². The summed E-state index contributed by atoms with van der Waals surface area (Å²) in [7, 11) is 3.54. The van der Waals surface area contributed by atoms with Gasteiger partial charge in [-0.05, 0) is 61.4 Å². The van der Waals surface area contributed by atoms with Crippen LogP contribution in [0.15, 0.2) is 79.3 Å². The summed E-state index contributed by atoms with van der Waals surface area (Å²) in [6.45, 7) is 4.06. The summed E-state index contributed by atoms with van der Waals surface area (Å²) < 4.78 is 34.9. The number of anilines is 2. The number of halogens is 2. The Hall–Kier alpha value is -5.43. The molecule has 1 N–H and O–H groups in total. The van der Waals surface area contributed by atoms with E-state index in [0.717, 1.165) is 17.4 Å². The lowest BCUT2D eigenvalue weighted by Crippen LogP contribution is -2.18. The summed E-state index contributed by atoms with van der Waals surface area (Å²) in [5.74, 6) is -1.35. The van der Waals surface area contributed by atoms with Gasteiger partial charge in [-0.15, -0.1) is 0 Å². The highest BCUT2D eigenvalue weighted by Crippen LogP contribution is 2.31. The molecule has 8 nitrogen and oxygen atoms in total. The molecule has 0 bridgehead atoms. The Morgan fingerprint density at radius 3 is 2.51 bits per heavy atom. The van der Waals surface area contributed by atoms with E-state index in [-0.39, 0.29) is 16.9 Å². The zero-order valence-corrected chi connectivity index (χ0v) is 24.0. The molecule has 0 spiro atoms. The number of hydrogen-bond acceptors (Lipinski definition) is 7. The predicted octanol–water partition coefficient (Wildman–Crippen LogP) is 6.67. The molecule has 0 saturated carbocycles. The maximum atomic E-state index is 15.0. The van der Waals surface area contributed by atoms with Gasteiger partial charge in [-0.3, -0.25) is 14.8 Å². The summed E-state index contributed by atoms with van der Waals surface area (Å²) in [5, 5.41) is 12.6. The second-order valence-electron chi connectivity index (χ2n) is 10.6. The first-order valence-corrected chi connectivity index (χ1v) is 13.4. The molecule has 0 fully saturated rings. The normalized spacial score (nSPS) is 11.2. The van der Waals surface area contributed by atoms with Crippen molar-refractivity contribution in [2.75, 3.05) is 24.4 Å². The number of carbonyl (C=O) groups is 1. The number of ether oxygens (including phenoxy) is 1. The number of pyridine rings is 3. The van der Waals surface area contributed by atoms with Crippen LogP contribution >= 0.6 is 0 Å². The number of fused-ring (bicyclic) bond motifs is 1. The zero-order chi connectivity index (χ0) is 30.7. The highest BCUT2D eigenvalue weighted by Gasteiger charge is 2.22. The van der Waals surface area contributed by atoms with Gasteiger partial charge in [0.25, 0.3) is 5.91 Å². The van der Waals surface area contributed by atoms with E-state index in [0.29, 0.717) is 34.4 Å². The number of rotatable bonds is 8. The summed E-state index contributed by atoms with van der Waals surface area (Å²) in [5.41, 5.74) is 1.80. The second kappa shape index (κ2) is 11.8. The largest absolute Gasteiger partial charge is 0.497 e. The van der Waals surface area contributed by atoms with Crippen molar-refractivity contribution in [3.8, 4) is 22.9 Å². The molecule has 0 saturated heterocycles. The Morgan fingerprint density at radius 2 is 1.79 bits per heavy atom. The molecule has 216 valence electrons. The summed E-state index contributed by atoms with van der Waals surface area (Å²) >= 11 is 0. The van der Waals surface area contributed by atoms with Gasteiger partial charge < -0.3 is 15.0 Å². The molecule has 0 atom stereocenters. The van der Waals surface area contributed by atoms with E-state index >= 15 is 0 Å². The van der Waals surface area contributed by atoms with Gasteiger partial charge in [-0.2, -0.15) is 5.26 Å². The van der Waals surface area contributed by atoms with Crippen LogP contribution in [0.3, 0.4) is 0 Å². The van der Waals surface area contributed by atoms with Crippen LogP contribution in [0.4, 0.5) is 20.3 Å². The van der Waals surface area contributed by atoms with Crippen LogP contribution < -0.4 is 15.0 Å². The number of nitrogens with zero attached hydrogens (tertiary/aromatic N) is 5. The van der Waals surface area contributed by atoms with Crippen LogP contribution in [0, 0.1) is 23.0 Å². The molecule has 3 heterocycles. The highest BCUT2D eigenvalue weighted by atomic mass is 19.2. The Balaban J connectivity index is 1.38. The van der Waals surface area contributed by atoms with Gasteiger partial charge in [0.1, 0.15) is 17.3 Å². The van der Waals surface area contributed by atoms with Gasteiger partial charge in [0.05, 0.1) is 24.1 Å². The van der Waals surface area contributed by atoms with Gasteiger partial charge in [0.2, 0.25) is 0 Å². The number of nitriles is 1. The minimum atomic E-state index is -1.13. The first-order valence-electron chi connectivity index (χ1n) is 13.4. The number of hydrogen-bond donors (Lipinski definition) is 1. The molecule has 0 aliphatic heterocycles. The number of aromatic nitrogens is 3. The van der Waals surface area contributed by atoms with Crippen molar-refractivity contribution in [2.24, 2.45) is 0 Å². The van der Waals surface area contributed by atoms with E-state index in [1.54, 1.807) is 39.3 Å². The van der Waals surface area contributed by atoms with Crippen molar-refractivity contribution in [1.82, 2.24) is 15.0 Å². The summed E-state index contributed by atoms with van der Waals surface area (Å²) in [4.78, 5) is 28.0. The zero-order valence-electron chi connectivity index (χ0n) is 24.0. The van der Waals surface area contributed by atoms with Gasteiger partial charge in [-0.1, -0.05) is 12.1 Å². The van der Waals surface area contributed by atoms with Crippen molar-refractivity contribution in [2.45, 2.75) is 25.8 Å². The Labute approximate surface area is 247 Å². The van der Waals surface area contributed by atoms with Crippen LogP contribution in [0.25, 0.3) is 22.0 Å². The average molecular weight is 579 g/mol. The molecular formula is C33H28F2N6O2. The van der Waals surface area contributed by atoms with Crippen LogP contribution in [0.5, 0.6) is 5.75 Å². The molecule has 0 radical (unpaired) electrons. The Bertz CT molecular complexity index is 1870. The molecule has 3 aromatic heterocycles. The lowest BCUT2D eigenvalue weighted by Gasteiger charge is -2.19. The maximum absolute atomic E-state index is 15.0. The van der Waals surface area contributed by atoms with Gasteiger partial charge in [-0.25, -0.2) is 13.8 Å². The van der Waals surface area contributed by atoms with Crippen LogP contribution in [0.1, 0.15) is 35.5 Å². The third kappa shape index (κ3) is 6.26. The van der Waals surface area contributed by atoms with Crippen LogP contribution in [0.2, 0.25) is 0 Å². The number of methoxy groups -OCH3 is 1. The van der Waals surface area contributed by atoms with Gasteiger partial charge in [0.15, 0.2) is 11.6 Å². The third-order valence-electron chi connectivity index (χ3n) is 7.11. The van der Waals surface area contributed by atoms with Crippen LogP contribution in [-0.2, 0) is 12.0 Å². The maximum Gasteiger partial charge on any atom is 0.274 e. The monoisotopic (exact) mass is 578 g/mol. The fraction of sp³-hybridized carbons (Fsp3) is 0.182. The lowest BCUT2D eigenvalue weighted by molar-refractivity contribution is 0.102. The lowest BCUT2D eigenvalue weighted by atomic mass is 9.86. The quantitative estimate of drug-likeness (QED) is 0.219. The first-order chi connectivity index (χ1) is 20.6. The van der Waals surface area contributed by atoms with E-state index in [2.05, 4.69) is 26.3 Å². The summed E-state index contributed by atoms with van der Waals surface area (Å²) in [6, 6.07) is 18.8. The van der Waals surface area contributed by atoms with E-state index in [4.69, 9.17) is 4.74 Å². The number of benzene rings is 2. The molecule has 0 aliphatic carbocycles. The Kier molecular flexibility index (Phi) is 7.99. The molecule has 5 rings (SSSR count). The highest BCUT2D eigenvalue weighted by molar-refractivity contribution is 6.03. The van der Waals surface area contributed by atoms with Crippen molar-refractivity contribution >= 4 is 28.3 Å². The molecule has 10 heteroatoms. The summed E-state index contributed by atoms with van der Waals surface area (Å²) in [6.07, 6.45) is 4.51. The van der Waals surface area contributed by atoms with Crippen molar-refractivity contribution in [1.29, 1.82) is 5.26 Å². The average Bonchev–Trinajstić information content (AvgIpc) is 3.02. The molecule has 5 aromatic rings. The molecular weight excluding hydrogens is 550 g/mol. The van der Waals surface area contributed by atoms with Crippen molar-refractivity contribution < 1.29 is 18.3 Å². The fourth-order valence-electron chi connectivity index (χ4n) is 4.53. The number of nitrogens with one attached hydrogen (secondary N) is 1. The van der Waals surface area contributed by atoms with E-state index in [1.165, 1.54) is 24.5 Å². The fourth-order valence-corrected chi connectivity index (χ4v) is 4.53. The molecule has 2 aromatic carbocycles. The van der Waals surface area contributed by atoms with Gasteiger partial charge in [0, 0.05) is 66.5 Å². The first kappa shape index (κ1) is 29.1. The molecule has 1 amide bonds. The minimum absolute atomic E-state index is 0.0401. The van der Waals surface area contributed by atoms with Crippen molar-refractivity contribution in [3.63, 3.8) is 0 Å². The molecule has 0 aliphatic rings. The second-order valence-corrected chi connectivity index (χ2v) is 10.6. The number of carbonyl (C=O) groups excluding carboxylic acids is 1. The predicted molar refractivity (Wildman–Crippen MR) is 161 cm³/mol. The van der Waals surface area contributed by atoms with Crippen LogP contribution in [-0.4, -0.2) is 35.0 Å². The minimum Gasteiger partial charge on any atom is -0.497 e. The Morgan fingerprint density at radius 1 is 1.02 bits per heavy atom. The SMILES string of the molecule is COc1ccc(CN(C)c2cc3ncc(-c4cc(NC(=O)c5cc(C(C)(C)C#N)ccn5)cc(F)c4F)cc3cn2)cc1. The van der Waals surface area contributed by atoms with E-state index in [1.807, 2.05) is 42.3 Å².